The van der Waals surface area contributed by atoms with Gasteiger partial charge < -0.3 is 9.64 Å². The molecule has 0 atom stereocenters. The molecular weight excluding hydrogens is 365 g/mol. The molecule has 146 valence electrons. The number of hydrogen-bond donors (Lipinski definition) is 0. The zero-order valence-electron chi connectivity index (χ0n) is 15.6. The van der Waals surface area contributed by atoms with Crippen molar-refractivity contribution < 1.29 is 17.9 Å². The minimum Gasteiger partial charge on any atom is -0.496 e. The molecule has 2 aromatic carbocycles. The van der Waals surface area contributed by atoms with Gasteiger partial charge in [-0.15, -0.1) is 0 Å². The highest BCUT2D eigenvalue weighted by Crippen LogP contribution is 2.32. The maximum absolute atomic E-state index is 12.7. The van der Waals surface area contributed by atoms with Crippen molar-refractivity contribution in [3.63, 3.8) is 0 Å². The second-order valence-electron chi connectivity index (χ2n) is 6.72. The van der Waals surface area contributed by atoms with Crippen molar-refractivity contribution in [2.75, 3.05) is 25.1 Å². The Morgan fingerprint density at radius 2 is 1.75 bits per heavy atom. The fourth-order valence-corrected chi connectivity index (χ4v) is 3.34. The summed E-state index contributed by atoms with van der Waals surface area (Å²) in [4.78, 5) is 2.31. The molecule has 28 heavy (non-hydrogen) atoms. The van der Waals surface area contributed by atoms with Crippen molar-refractivity contribution in [1.82, 2.24) is 0 Å². The number of rotatable bonds is 4. The number of benzene rings is 2. The first-order valence-electron chi connectivity index (χ1n) is 9.15. The number of allylic oxidation sites excluding steroid dienone is 1. The molecular formula is C22H21F3N2O. The van der Waals surface area contributed by atoms with E-state index in [0.29, 0.717) is 16.9 Å². The fraction of sp³-hybridized carbons (Fsp3) is 0.318. The molecule has 1 fully saturated rings. The minimum atomic E-state index is -4.40. The minimum absolute atomic E-state index is 0.276. The topological polar surface area (TPSA) is 36.3 Å². The Bertz CT molecular complexity index is 889. The number of nitriles is 1. The maximum atomic E-state index is 12.7. The normalized spacial score (nSPS) is 15.2. The van der Waals surface area contributed by atoms with Gasteiger partial charge in [-0.2, -0.15) is 18.4 Å². The largest absolute Gasteiger partial charge is 0.496 e. The Morgan fingerprint density at radius 1 is 1.07 bits per heavy atom. The van der Waals surface area contributed by atoms with Gasteiger partial charge in [0.2, 0.25) is 0 Å². The monoisotopic (exact) mass is 386 g/mol. The van der Waals surface area contributed by atoms with Crippen LogP contribution in [0, 0.1) is 11.3 Å². The molecule has 3 nitrogen and oxygen atoms in total. The molecule has 0 bridgehead atoms. The number of piperidine rings is 1. The second-order valence-corrected chi connectivity index (χ2v) is 6.72. The number of hydrogen-bond acceptors (Lipinski definition) is 3. The van der Waals surface area contributed by atoms with Crippen LogP contribution in [0.25, 0.3) is 11.6 Å². The summed E-state index contributed by atoms with van der Waals surface area (Å²) in [6.45, 7) is 2.01. The predicted molar refractivity (Wildman–Crippen MR) is 104 cm³/mol. The zero-order chi connectivity index (χ0) is 20.1. The molecule has 1 aliphatic heterocycles. The van der Waals surface area contributed by atoms with Crippen molar-refractivity contribution >= 4 is 17.3 Å². The third-order valence-electron chi connectivity index (χ3n) is 4.88. The van der Waals surface area contributed by atoms with Gasteiger partial charge in [0.05, 0.1) is 24.3 Å². The molecule has 0 saturated carbocycles. The fourth-order valence-electron chi connectivity index (χ4n) is 3.34. The lowest BCUT2D eigenvalue weighted by Crippen LogP contribution is -2.29. The quantitative estimate of drug-likeness (QED) is 0.494. The molecule has 1 aliphatic rings. The van der Waals surface area contributed by atoms with Gasteiger partial charge in [0.15, 0.2) is 0 Å². The Morgan fingerprint density at radius 3 is 2.32 bits per heavy atom. The Hall–Kier alpha value is -2.94. The molecule has 0 aromatic heterocycles. The molecule has 0 N–H and O–H groups in total. The van der Waals surface area contributed by atoms with Gasteiger partial charge in [-0.1, -0.05) is 12.1 Å². The molecule has 1 heterocycles. The first-order valence-corrected chi connectivity index (χ1v) is 9.15. The van der Waals surface area contributed by atoms with E-state index in [-0.39, 0.29) is 5.57 Å². The SMILES string of the molecule is COc1cc(N2CCCCC2)ccc1/C=C(/C#N)c1ccc(C(F)(F)F)cc1. The third kappa shape index (κ3) is 4.48. The van der Waals surface area contributed by atoms with E-state index < -0.39 is 11.7 Å². The molecule has 2 aromatic rings. The first kappa shape index (κ1) is 19.8. The van der Waals surface area contributed by atoms with E-state index in [9.17, 15) is 18.4 Å². The van der Waals surface area contributed by atoms with E-state index >= 15 is 0 Å². The lowest BCUT2D eigenvalue weighted by atomic mass is 10.0. The predicted octanol–water partition coefficient (Wildman–Crippen LogP) is 5.77. The molecule has 0 amide bonds. The number of anilines is 1. The van der Waals surface area contributed by atoms with E-state index in [1.807, 2.05) is 18.2 Å². The number of nitrogens with zero attached hydrogens (tertiary/aromatic N) is 2. The second kappa shape index (κ2) is 8.39. The van der Waals surface area contributed by atoms with Crippen LogP contribution in [0.4, 0.5) is 18.9 Å². The Kier molecular flexibility index (Phi) is 5.93. The van der Waals surface area contributed by atoms with Crippen LogP contribution in [0.1, 0.15) is 36.0 Å². The van der Waals surface area contributed by atoms with Crippen LogP contribution in [-0.4, -0.2) is 20.2 Å². The smallest absolute Gasteiger partial charge is 0.416 e. The van der Waals surface area contributed by atoms with Crippen LogP contribution in [0.15, 0.2) is 42.5 Å². The third-order valence-corrected chi connectivity index (χ3v) is 4.88. The average Bonchev–Trinajstić information content (AvgIpc) is 2.72. The van der Waals surface area contributed by atoms with Crippen molar-refractivity contribution in [2.24, 2.45) is 0 Å². The van der Waals surface area contributed by atoms with E-state index in [1.165, 1.54) is 18.6 Å². The first-order chi connectivity index (χ1) is 13.4. The summed E-state index contributed by atoms with van der Waals surface area (Å²) in [6, 6.07) is 12.5. The molecule has 3 rings (SSSR count). The highest BCUT2D eigenvalue weighted by Gasteiger charge is 2.30. The standard InChI is InChI=1S/C22H21F3N2O/c1-28-21-14-20(27-11-3-2-4-12-27)10-7-17(21)13-18(15-26)16-5-8-19(9-6-16)22(23,24)25/h5-10,13-14H,2-4,11-12H2,1H3/b18-13-. The van der Waals surface area contributed by atoms with Gasteiger partial charge in [-0.25, -0.2) is 0 Å². The summed E-state index contributed by atoms with van der Waals surface area (Å²) in [5, 5.41) is 9.50. The van der Waals surface area contributed by atoms with E-state index in [0.717, 1.165) is 43.8 Å². The molecule has 6 heteroatoms. The van der Waals surface area contributed by atoms with Gasteiger partial charge in [-0.05, 0) is 55.2 Å². The van der Waals surface area contributed by atoms with Crippen LogP contribution in [0.2, 0.25) is 0 Å². The molecule has 0 unspecified atom stereocenters. The van der Waals surface area contributed by atoms with E-state index in [1.54, 1.807) is 13.2 Å². The van der Waals surface area contributed by atoms with Crippen molar-refractivity contribution in [1.29, 1.82) is 5.26 Å². The van der Waals surface area contributed by atoms with Crippen LogP contribution >= 0.6 is 0 Å². The van der Waals surface area contributed by atoms with Gasteiger partial charge in [0, 0.05) is 30.4 Å². The number of halogens is 3. The average molecular weight is 386 g/mol. The lowest BCUT2D eigenvalue weighted by Gasteiger charge is -2.29. The summed E-state index contributed by atoms with van der Waals surface area (Å²) in [7, 11) is 1.57. The van der Waals surface area contributed by atoms with Gasteiger partial charge in [-0.3, -0.25) is 0 Å². The Labute approximate surface area is 162 Å². The number of methoxy groups -OCH3 is 1. The van der Waals surface area contributed by atoms with Crippen LogP contribution < -0.4 is 9.64 Å². The Balaban J connectivity index is 1.90. The maximum Gasteiger partial charge on any atom is 0.416 e. The number of alkyl halides is 3. The van der Waals surface area contributed by atoms with E-state index in [4.69, 9.17) is 4.74 Å². The lowest BCUT2D eigenvalue weighted by molar-refractivity contribution is -0.137. The summed E-state index contributed by atoms with van der Waals surface area (Å²) in [5.41, 5.74) is 1.74. The van der Waals surface area contributed by atoms with Gasteiger partial charge in [0.1, 0.15) is 5.75 Å². The zero-order valence-corrected chi connectivity index (χ0v) is 15.6. The highest BCUT2D eigenvalue weighted by molar-refractivity contribution is 5.91. The van der Waals surface area contributed by atoms with Crippen LogP contribution in [0.5, 0.6) is 5.75 Å². The van der Waals surface area contributed by atoms with Gasteiger partial charge in [0.25, 0.3) is 0 Å². The molecule has 1 saturated heterocycles. The van der Waals surface area contributed by atoms with Gasteiger partial charge >= 0.3 is 6.18 Å². The molecule has 0 radical (unpaired) electrons. The highest BCUT2D eigenvalue weighted by atomic mass is 19.4. The van der Waals surface area contributed by atoms with Crippen LogP contribution in [-0.2, 0) is 6.18 Å². The summed E-state index contributed by atoms with van der Waals surface area (Å²) in [6.07, 6.45) is 0.810. The van der Waals surface area contributed by atoms with Crippen LogP contribution in [0.3, 0.4) is 0 Å². The molecule has 0 spiro atoms. The summed E-state index contributed by atoms with van der Waals surface area (Å²) < 4.78 is 43.7. The van der Waals surface area contributed by atoms with Crippen molar-refractivity contribution in [2.45, 2.75) is 25.4 Å². The number of ether oxygens (including phenoxy) is 1. The summed E-state index contributed by atoms with van der Waals surface area (Å²) in [5.74, 6) is 0.628. The summed E-state index contributed by atoms with van der Waals surface area (Å²) >= 11 is 0. The van der Waals surface area contributed by atoms with Crippen molar-refractivity contribution in [3.05, 3.63) is 59.2 Å². The molecule has 0 aliphatic carbocycles. The van der Waals surface area contributed by atoms with E-state index in [2.05, 4.69) is 11.0 Å². The van der Waals surface area contributed by atoms with Crippen molar-refractivity contribution in [3.8, 4) is 11.8 Å².